The number of Topliss-reactive ketones (excluding diaryl/α,β-unsaturated/α-hetero) is 1. The van der Waals surface area contributed by atoms with Gasteiger partial charge in [-0.3, -0.25) is 33.6 Å². The Kier molecular flexibility index (Phi) is 10.9. The van der Waals surface area contributed by atoms with E-state index in [1.807, 2.05) is 0 Å². The first-order chi connectivity index (χ1) is 18.5. The molecule has 2 aromatic heterocycles. The molecule has 1 atom stereocenters. The van der Waals surface area contributed by atoms with Gasteiger partial charge in [-0.05, 0) is 38.0 Å². The molecule has 0 radical (unpaired) electrons. The molecule has 2 aromatic rings. The van der Waals surface area contributed by atoms with E-state index >= 15 is 0 Å². The lowest BCUT2D eigenvalue weighted by molar-refractivity contribution is -0.138. The van der Waals surface area contributed by atoms with Crippen LogP contribution in [0.4, 0.5) is 5.69 Å². The predicted molar refractivity (Wildman–Crippen MR) is 140 cm³/mol. The number of aromatic nitrogens is 2. The number of amides is 5. The molecule has 7 N–H and O–H groups in total. The summed E-state index contributed by atoms with van der Waals surface area (Å²) in [4.78, 5) is 88.7. The Morgan fingerprint density at radius 2 is 1.87 bits per heavy atom. The zero-order chi connectivity index (χ0) is 29.1. The Balaban J connectivity index is 2.23. The number of carbonyl (C=O) groups excluding carboxylic acids is 6. The number of likely N-dealkylation sites (N-methyl/N-ethyl adjacent to an activating group) is 1. The van der Waals surface area contributed by atoms with Crippen molar-refractivity contribution in [3.05, 3.63) is 64.5 Å². The first kappa shape index (κ1) is 30.2. The van der Waals surface area contributed by atoms with Crippen LogP contribution in [0, 0.1) is 0 Å². The molecule has 0 fully saturated rings. The monoisotopic (exact) mass is 541 g/mol. The molecule has 1 unspecified atom stereocenters. The standard InChI is InChI=1S/C25H31N7O7/c1-4-14(3)29-20(34)13-32-10-6-7-17(25(32)39)31-23(37)16(8-9-19(33)24(38)27-5-2)30-22(36)15-11-18(21(26)35)28-12-15/h6-7,10-12,16,28H,3-5,8-9,13H2,1-2H3,(H2,26,35)(H,27,38)(H,29,34)(H,30,36)(H,31,37). The predicted octanol–water partition coefficient (Wildman–Crippen LogP) is -0.462. The average molecular weight is 542 g/mol. The fourth-order valence-corrected chi connectivity index (χ4v) is 3.28. The quantitative estimate of drug-likeness (QED) is 0.173. The molecule has 14 heteroatoms. The summed E-state index contributed by atoms with van der Waals surface area (Å²) in [5, 5.41) is 9.75. The van der Waals surface area contributed by atoms with Crippen LogP contribution >= 0.6 is 0 Å². The Hall–Kier alpha value is -5.01. The number of rotatable bonds is 14. The third-order valence-corrected chi connectivity index (χ3v) is 5.42. The number of pyridine rings is 1. The Labute approximate surface area is 223 Å². The summed E-state index contributed by atoms with van der Waals surface area (Å²) in [6.07, 6.45) is 2.42. The van der Waals surface area contributed by atoms with Crippen LogP contribution in [0.5, 0.6) is 0 Å². The van der Waals surface area contributed by atoms with Crippen molar-refractivity contribution in [1.29, 1.82) is 0 Å². The van der Waals surface area contributed by atoms with Crippen LogP contribution in [0.3, 0.4) is 0 Å². The number of hydrogen-bond donors (Lipinski definition) is 6. The fourth-order valence-electron chi connectivity index (χ4n) is 3.28. The lowest BCUT2D eigenvalue weighted by atomic mass is 10.1. The number of aromatic amines is 1. The molecule has 0 aliphatic heterocycles. The number of nitrogens with two attached hydrogens (primary N) is 1. The molecule has 0 aliphatic carbocycles. The van der Waals surface area contributed by atoms with Gasteiger partial charge in [-0.1, -0.05) is 13.5 Å². The van der Waals surface area contributed by atoms with Crippen molar-refractivity contribution in [2.24, 2.45) is 5.73 Å². The second-order valence-corrected chi connectivity index (χ2v) is 8.36. The number of allylic oxidation sites excluding steroid dienone is 1. The molecule has 0 saturated heterocycles. The Morgan fingerprint density at radius 1 is 1.15 bits per heavy atom. The van der Waals surface area contributed by atoms with Gasteiger partial charge in [0.25, 0.3) is 23.3 Å². The highest BCUT2D eigenvalue weighted by Gasteiger charge is 2.26. The van der Waals surface area contributed by atoms with Gasteiger partial charge < -0.3 is 36.6 Å². The summed E-state index contributed by atoms with van der Waals surface area (Å²) < 4.78 is 1.07. The fraction of sp³-hybridized carbons (Fsp3) is 0.320. The van der Waals surface area contributed by atoms with Gasteiger partial charge in [0.05, 0.1) is 5.56 Å². The maximum atomic E-state index is 13.1. The zero-order valence-electron chi connectivity index (χ0n) is 21.6. The van der Waals surface area contributed by atoms with Gasteiger partial charge in [-0.2, -0.15) is 0 Å². The van der Waals surface area contributed by atoms with Gasteiger partial charge in [0.15, 0.2) is 0 Å². The molecule has 0 aromatic carbocycles. The van der Waals surface area contributed by atoms with Gasteiger partial charge in [0, 0.05) is 31.1 Å². The molecule has 0 saturated carbocycles. The summed E-state index contributed by atoms with van der Waals surface area (Å²) >= 11 is 0. The lowest BCUT2D eigenvalue weighted by Gasteiger charge is -2.18. The SMILES string of the molecule is C=C(CC)NC(=O)Cn1cccc(NC(=O)C(CCC(=O)C(=O)NCC)NC(=O)c2c[nH]c(C(N)=O)c2)c1=O. The molecule has 14 nitrogen and oxygen atoms in total. The topological polar surface area (TPSA) is 214 Å². The molecule has 0 aliphatic rings. The highest BCUT2D eigenvalue weighted by molar-refractivity contribution is 6.36. The van der Waals surface area contributed by atoms with Crippen molar-refractivity contribution in [2.75, 3.05) is 11.9 Å². The number of carbonyl (C=O) groups is 6. The number of ketones is 1. The van der Waals surface area contributed by atoms with E-state index in [0.717, 1.165) is 4.57 Å². The molecule has 0 spiro atoms. The summed E-state index contributed by atoms with van der Waals surface area (Å²) in [6.45, 7) is 7.00. The van der Waals surface area contributed by atoms with Gasteiger partial charge in [0.2, 0.25) is 17.6 Å². The second kappa shape index (κ2) is 14.1. The van der Waals surface area contributed by atoms with Crippen molar-refractivity contribution in [2.45, 2.75) is 45.7 Å². The minimum atomic E-state index is -1.35. The van der Waals surface area contributed by atoms with E-state index in [0.29, 0.717) is 12.1 Å². The van der Waals surface area contributed by atoms with Crippen molar-refractivity contribution >= 4 is 41.0 Å². The number of hydrogen-bond acceptors (Lipinski definition) is 7. The summed E-state index contributed by atoms with van der Waals surface area (Å²) in [7, 11) is 0. The largest absolute Gasteiger partial charge is 0.364 e. The molecule has 2 heterocycles. The summed E-state index contributed by atoms with van der Waals surface area (Å²) in [6, 6.07) is 2.58. The molecule has 39 heavy (non-hydrogen) atoms. The van der Waals surface area contributed by atoms with E-state index in [1.165, 1.54) is 30.6 Å². The van der Waals surface area contributed by atoms with Gasteiger partial charge in [0.1, 0.15) is 24.0 Å². The number of nitrogens with zero attached hydrogens (tertiary/aromatic N) is 1. The molecular formula is C25H31N7O7. The van der Waals surface area contributed by atoms with Crippen molar-refractivity contribution < 1.29 is 28.8 Å². The normalized spacial score (nSPS) is 11.1. The summed E-state index contributed by atoms with van der Waals surface area (Å²) in [5.41, 5.74) is 4.73. The highest BCUT2D eigenvalue weighted by atomic mass is 16.2. The van der Waals surface area contributed by atoms with Crippen LogP contribution in [0.15, 0.2) is 47.7 Å². The number of H-pyrrole nitrogens is 1. The molecule has 5 amide bonds. The molecule has 2 rings (SSSR count). The van der Waals surface area contributed by atoms with Crippen LogP contribution in [-0.4, -0.2) is 57.5 Å². The average Bonchev–Trinajstić information content (AvgIpc) is 3.39. The van der Waals surface area contributed by atoms with E-state index < -0.39 is 46.9 Å². The van der Waals surface area contributed by atoms with Gasteiger partial charge >= 0.3 is 0 Å². The maximum Gasteiger partial charge on any atom is 0.287 e. The minimum absolute atomic E-state index is 0.0154. The Morgan fingerprint density at radius 3 is 2.49 bits per heavy atom. The first-order valence-corrected chi connectivity index (χ1v) is 12.0. The first-order valence-electron chi connectivity index (χ1n) is 12.0. The van der Waals surface area contributed by atoms with Crippen LogP contribution in [-0.2, 0) is 25.7 Å². The number of primary amides is 1. The third kappa shape index (κ3) is 8.80. The molecular weight excluding hydrogens is 510 g/mol. The van der Waals surface area contributed by atoms with E-state index in [9.17, 15) is 33.6 Å². The number of nitrogens with one attached hydrogen (secondary N) is 5. The van der Waals surface area contributed by atoms with E-state index in [2.05, 4.69) is 32.8 Å². The second-order valence-electron chi connectivity index (χ2n) is 8.36. The Bertz CT molecular complexity index is 1340. The van der Waals surface area contributed by atoms with E-state index in [4.69, 9.17) is 5.73 Å². The lowest BCUT2D eigenvalue weighted by Crippen LogP contribution is -2.45. The summed E-state index contributed by atoms with van der Waals surface area (Å²) in [5.74, 6) is -4.55. The van der Waals surface area contributed by atoms with Crippen molar-refractivity contribution in [3.8, 4) is 0 Å². The third-order valence-electron chi connectivity index (χ3n) is 5.42. The van der Waals surface area contributed by atoms with Crippen LogP contribution in [0.25, 0.3) is 0 Å². The van der Waals surface area contributed by atoms with E-state index in [1.54, 1.807) is 13.8 Å². The smallest absolute Gasteiger partial charge is 0.287 e. The molecule has 208 valence electrons. The van der Waals surface area contributed by atoms with Crippen LogP contribution < -0.4 is 32.6 Å². The van der Waals surface area contributed by atoms with Gasteiger partial charge in [-0.15, -0.1) is 0 Å². The molecule has 0 bridgehead atoms. The van der Waals surface area contributed by atoms with Gasteiger partial charge in [-0.25, -0.2) is 0 Å². The van der Waals surface area contributed by atoms with Crippen LogP contribution in [0.2, 0.25) is 0 Å². The van der Waals surface area contributed by atoms with E-state index in [-0.39, 0.29) is 42.9 Å². The minimum Gasteiger partial charge on any atom is -0.364 e. The number of anilines is 1. The van der Waals surface area contributed by atoms with Crippen molar-refractivity contribution in [3.63, 3.8) is 0 Å². The highest BCUT2D eigenvalue weighted by Crippen LogP contribution is 2.08. The maximum absolute atomic E-state index is 13.1. The van der Waals surface area contributed by atoms with Crippen molar-refractivity contribution in [1.82, 2.24) is 25.5 Å². The van der Waals surface area contributed by atoms with Crippen LogP contribution in [0.1, 0.15) is 54.0 Å². The zero-order valence-corrected chi connectivity index (χ0v) is 21.6.